The molecule has 1 aromatic rings. The van der Waals surface area contributed by atoms with Gasteiger partial charge in [-0.05, 0) is 74.8 Å². The van der Waals surface area contributed by atoms with Crippen molar-refractivity contribution < 1.29 is 13.2 Å². The molecule has 0 aromatic heterocycles. The van der Waals surface area contributed by atoms with Gasteiger partial charge in [-0.3, -0.25) is 9.80 Å². The molecule has 0 radical (unpaired) electrons. The molecule has 0 unspecified atom stereocenters. The zero-order valence-corrected chi connectivity index (χ0v) is 15.3. The molecule has 6 rings (SSSR count). The summed E-state index contributed by atoms with van der Waals surface area (Å²) in [4.78, 5) is 12.7. The lowest BCUT2D eigenvalue weighted by Crippen LogP contribution is -2.71. The van der Waals surface area contributed by atoms with Crippen LogP contribution in [0.2, 0.25) is 0 Å². The van der Waals surface area contributed by atoms with E-state index < -0.39 is 10.0 Å². The lowest BCUT2D eigenvalue weighted by Gasteiger charge is -2.60. The number of hydrazine groups is 1. The lowest BCUT2D eigenvalue weighted by molar-refractivity contribution is -0.189. The predicted octanol–water partition coefficient (Wildman–Crippen LogP) is 2.57. The fraction of sp³-hybridized carbons (Fsp3) is 0.632. The van der Waals surface area contributed by atoms with E-state index in [9.17, 15) is 13.2 Å². The molecule has 0 N–H and O–H groups in total. The highest BCUT2D eigenvalue weighted by Gasteiger charge is 2.56. The molecular formula is C19H24N2O3S. The van der Waals surface area contributed by atoms with Gasteiger partial charge in [0.15, 0.2) is 0 Å². The average Bonchev–Trinajstić information content (AvgIpc) is 2.55. The number of hydrogen-bond donors (Lipinski definition) is 0. The van der Waals surface area contributed by atoms with Crippen molar-refractivity contribution in [2.24, 2.45) is 23.7 Å². The van der Waals surface area contributed by atoms with Crippen molar-refractivity contribution >= 4 is 15.9 Å². The first-order chi connectivity index (χ1) is 11.9. The van der Waals surface area contributed by atoms with E-state index in [1.165, 1.54) is 36.5 Å². The van der Waals surface area contributed by atoms with Crippen molar-refractivity contribution in [3.63, 3.8) is 0 Å². The number of hydrogen-bond acceptors (Lipinski definition) is 3. The van der Waals surface area contributed by atoms with E-state index >= 15 is 0 Å². The molecular weight excluding hydrogens is 336 g/mol. The van der Waals surface area contributed by atoms with E-state index in [1.54, 1.807) is 17.1 Å². The molecule has 5 aliphatic rings. The molecule has 5 nitrogen and oxygen atoms in total. The highest BCUT2D eigenvalue weighted by atomic mass is 32.2. The van der Waals surface area contributed by atoms with Crippen LogP contribution in [0.25, 0.3) is 0 Å². The third-order valence-corrected chi connectivity index (χ3v) is 8.55. The number of rotatable bonds is 3. The SMILES string of the molecule is Cc1ccc(S(=O)(=O)N2CC(=O)N2C2C3CC4CC(C3)CC2C4)cc1. The normalized spacial score (nSPS) is 37.4. The van der Waals surface area contributed by atoms with Gasteiger partial charge >= 0.3 is 0 Å². The van der Waals surface area contributed by atoms with E-state index in [1.807, 2.05) is 19.1 Å². The van der Waals surface area contributed by atoms with E-state index in [0.717, 1.165) is 17.4 Å². The third-order valence-electron chi connectivity index (χ3n) is 6.82. The Hall–Kier alpha value is -1.40. The maximum absolute atomic E-state index is 13.0. The second-order valence-corrected chi connectivity index (χ2v) is 10.3. The molecule has 1 heterocycles. The molecule has 1 aromatic carbocycles. The summed E-state index contributed by atoms with van der Waals surface area (Å²) in [5, 5.41) is 1.61. The van der Waals surface area contributed by atoms with Crippen molar-refractivity contribution in [2.45, 2.75) is 50.0 Å². The van der Waals surface area contributed by atoms with Gasteiger partial charge in [-0.2, -0.15) is 0 Å². The van der Waals surface area contributed by atoms with E-state index in [2.05, 4.69) is 0 Å². The molecule has 1 amide bonds. The molecule has 5 fully saturated rings. The highest BCUT2D eigenvalue weighted by molar-refractivity contribution is 7.89. The van der Waals surface area contributed by atoms with Crippen molar-refractivity contribution in [1.29, 1.82) is 0 Å². The van der Waals surface area contributed by atoms with Crippen LogP contribution in [0.5, 0.6) is 0 Å². The minimum atomic E-state index is -3.65. The Morgan fingerprint density at radius 1 is 0.920 bits per heavy atom. The van der Waals surface area contributed by atoms with Crippen molar-refractivity contribution in [1.82, 2.24) is 9.42 Å². The predicted molar refractivity (Wildman–Crippen MR) is 92.7 cm³/mol. The number of nitrogens with zero attached hydrogens (tertiary/aromatic N) is 2. The fourth-order valence-electron chi connectivity index (χ4n) is 5.95. The minimum absolute atomic E-state index is 0.0149. The van der Waals surface area contributed by atoms with Crippen LogP contribution in [0.4, 0.5) is 0 Å². The molecule has 4 saturated carbocycles. The Balaban J connectivity index is 1.45. The summed E-state index contributed by atoms with van der Waals surface area (Å²) in [6.07, 6.45) is 6.01. The van der Waals surface area contributed by atoms with Gasteiger partial charge in [-0.25, -0.2) is 8.42 Å². The Labute approximate surface area is 149 Å². The monoisotopic (exact) mass is 360 g/mol. The van der Waals surface area contributed by atoms with Gasteiger partial charge in [-0.1, -0.05) is 22.1 Å². The first-order valence-corrected chi connectivity index (χ1v) is 10.8. The van der Waals surface area contributed by atoms with Crippen LogP contribution in [0, 0.1) is 30.6 Å². The molecule has 1 saturated heterocycles. The van der Waals surface area contributed by atoms with E-state index in [-0.39, 0.29) is 23.4 Å². The molecule has 25 heavy (non-hydrogen) atoms. The smallest absolute Gasteiger partial charge is 0.260 e. The average molecular weight is 360 g/mol. The Kier molecular flexibility index (Phi) is 3.36. The molecule has 0 spiro atoms. The van der Waals surface area contributed by atoms with Gasteiger partial charge in [-0.15, -0.1) is 0 Å². The van der Waals surface area contributed by atoms with Crippen LogP contribution >= 0.6 is 0 Å². The lowest BCUT2D eigenvalue weighted by atomic mass is 9.54. The van der Waals surface area contributed by atoms with Crippen LogP contribution in [0.15, 0.2) is 29.2 Å². The molecule has 4 aliphatic carbocycles. The zero-order valence-electron chi connectivity index (χ0n) is 14.5. The molecule has 134 valence electrons. The standard InChI is InChI=1S/C19H24N2O3S/c1-12-2-4-17(5-3-12)25(23,24)20-11-18(22)21(20)19-15-7-13-6-14(9-15)10-16(19)8-13/h2-5,13-16,19H,6-11H2,1H3. The highest BCUT2D eigenvalue weighted by Crippen LogP contribution is 2.56. The molecule has 4 bridgehead atoms. The number of carbonyl (C=O) groups is 1. The first-order valence-electron chi connectivity index (χ1n) is 9.35. The Morgan fingerprint density at radius 3 is 2.00 bits per heavy atom. The van der Waals surface area contributed by atoms with E-state index in [4.69, 9.17) is 0 Å². The van der Waals surface area contributed by atoms with Crippen molar-refractivity contribution in [3.8, 4) is 0 Å². The van der Waals surface area contributed by atoms with Crippen LogP contribution in [0.1, 0.15) is 37.7 Å². The summed E-state index contributed by atoms with van der Waals surface area (Å²) in [6, 6.07) is 6.99. The summed E-state index contributed by atoms with van der Waals surface area (Å²) in [5.74, 6) is 2.54. The molecule has 0 atom stereocenters. The quantitative estimate of drug-likeness (QED) is 0.832. The summed E-state index contributed by atoms with van der Waals surface area (Å²) in [6.45, 7) is 1.92. The maximum atomic E-state index is 13.0. The number of aryl methyl sites for hydroxylation is 1. The summed E-state index contributed by atoms with van der Waals surface area (Å²) in [5.41, 5.74) is 1.02. The van der Waals surface area contributed by atoms with E-state index in [0.29, 0.717) is 11.8 Å². The second kappa shape index (κ2) is 5.30. The summed E-state index contributed by atoms with van der Waals surface area (Å²) in [7, 11) is -3.65. The number of amides is 1. The van der Waals surface area contributed by atoms with Gasteiger partial charge in [0.2, 0.25) is 0 Å². The van der Waals surface area contributed by atoms with Gasteiger partial charge in [0.25, 0.3) is 15.9 Å². The number of benzene rings is 1. The van der Waals surface area contributed by atoms with Crippen LogP contribution in [-0.4, -0.2) is 36.3 Å². The molecule has 1 aliphatic heterocycles. The van der Waals surface area contributed by atoms with Gasteiger partial charge in [0.05, 0.1) is 10.9 Å². The van der Waals surface area contributed by atoms with Crippen LogP contribution in [0.3, 0.4) is 0 Å². The first kappa shape index (κ1) is 15.8. The topological polar surface area (TPSA) is 57.7 Å². The maximum Gasteiger partial charge on any atom is 0.260 e. The second-order valence-electron chi connectivity index (χ2n) is 8.46. The van der Waals surface area contributed by atoms with Crippen LogP contribution < -0.4 is 0 Å². The fourth-order valence-corrected chi connectivity index (χ4v) is 7.39. The Bertz CT molecular complexity index is 790. The van der Waals surface area contributed by atoms with Gasteiger partial charge in [0.1, 0.15) is 6.54 Å². The number of sulfonamides is 1. The third kappa shape index (κ3) is 2.30. The van der Waals surface area contributed by atoms with Crippen LogP contribution in [-0.2, 0) is 14.8 Å². The molecule has 6 heteroatoms. The van der Waals surface area contributed by atoms with Gasteiger partial charge in [0, 0.05) is 0 Å². The number of carbonyl (C=O) groups excluding carboxylic acids is 1. The zero-order chi connectivity index (χ0) is 17.3. The van der Waals surface area contributed by atoms with Crippen molar-refractivity contribution in [3.05, 3.63) is 29.8 Å². The van der Waals surface area contributed by atoms with Gasteiger partial charge < -0.3 is 0 Å². The Morgan fingerprint density at radius 2 is 1.48 bits per heavy atom. The minimum Gasteiger partial charge on any atom is -0.272 e. The summed E-state index contributed by atoms with van der Waals surface area (Å²) < 4.78 is 27.4. The largest absolute Gasteiger partial charge is 0.272 e. The van der Waals surface area contributed by atoms with Crippen molar-refractivity contribution in [2.75, 3.05) is 6.54 Å². The summed E-state index contributed by atoms with van der Waals surface area (Å²) >= 11 is 0.